The minimum atomic E-state index is -0.787. The molecule has 0 radical (unpaired) electrons. The van der Waals surface area contributed by atoms with Gasteiger partial charge in [-0.1, -0.05) is 24.3 Å². The Hall–Kier alpha value is -0.900. The predicted molar refractivity (Wildman–Crippen MR) is 60.5 cm³/mol. The van der Waals surface area contributed by atoms with Gasteiger partial charge in [0.15, 0.2) is 0 Å². The lowest BCUT2D eigenvalue weighted by Crippen LogP contribution is -2.34. The van der Waals surface area contributed by atoms with E-state index in [1.165, 1.54) is 0 Å². The highest BCUT2D eigenvalue weighted by Crippen LogP contribution is 2.15. The van der Waals surface area contributed by atoms with Crippen LogP contribution in [0.1, 0.15) is 31.1 Å². The zero-order chi connectivity index (χ0) is 11.5. The van der Waals surface area contributed by atoms with Crippen LogP contribution in [0.15, 0.2) is 24.3 Å². The molecule has 0 aliphatic carbocycles. The first kappa shape index (κ1) is 12.2. The van der Waals surface area contributed by atoms with Gasteiger partial charge >= 0.3 is 0 Å². The van der Waals surface area contributed by atoms with Crippen molar-refractivity contribution in [2.75, 3.05) is 6.61 Å². The molecule has 0 aliphatic rings. The SMILES string of the molecule is CC(C)(N)Cc1ccc(C(O)CO)cc1. The molecule has 0 saturated heterocycles. The monoisotopic (exact) mass is 209 g/mol. The molecule has 0 spiro atoms. The van der Waals surface area contributed by atoms with Crippen molar-refractivity contribution in [2.45, 2.75) is 31.9 Å². The van der Waals surface area contributed by atoms with Gasteiger partial charge in [-0.05, 0) is 31.4 Å². The number of hydrogen-bond acceptors (Lipinski definition) is 3. The van der Waals surface area contributed by atoms with Crippen molar-refractivity contribution in [3.05, 3.63) is 35.4 Å². The third-order valence-electron chi connectivity index (χ3n) is 2.20. The molecule has 1 atom stereocenters. The second kappa shape index (κ2) is 4.75. The summed E-state index contributed by atoms with van der Waals surface area (Å²) in [7, 11) is 0. The maximum Gasteiger partial charge on any atom is 0.102 e. The minimum absolute atomic E-state index is 0.225. The van der Waals surface area contributed by atoms with Gasteiger partial charge in [0.2, 0.25) is 0 Å². The quantitative estimate of drug-likeness (QED) is 0.693. The molecule has 1 rings (SSSR count). The van der Waals surface area contributed by atoms with Crippen LogP contribution in [0.5, 0.6) is 0 Å². The molecule has 1 aromatic rings. The number of aliphatic hydroxyl groups is 2. The van der Waals surface area contributed by atoms with Gasteiger partial charge in [-0.25, -0.2) is 0 Å². The second-order valence-electron chi connectivity index (χ2n) is 4.61. The third-order valence-corrected chi connectivity index (χ3v) is 2.20. The molecule has 4 N–H and O–H groups in total. The standard InChI is InChI=1S/C12H19NO2/c1-12(2,13)7-9-3-5-10(6-4-9)11(15)8-14/h3-6,11,14-15H,7-8,13H2,1-2H3. The largest absolute Gasteiger partial charge is 0.393 e. The summed E-state index contributed by atoms with van der Waals surface area (Å²) in [6.07, 6.45) is 0.00705. The lowest BCUT2D eigenvalue weighted by atomic mass is 9.95. The number of rotatable bonds is 4. The van der Waals surface area contributed by atoms with Gasteiger partial charge < -0.3 is 15.9 Å². The molecule has 0 heterocycles. The van der Waals surface area contributed by atoms with E-state index in [0.717, 1.165) is 17.5 Å². The Labute approximate surface area is 90.5 Å². The van der Waals surface area contributed by atoms with Crippen molar-refractivity contribution >= 4 is 0 Å². The Morgan fingerprint density at radius 1 is 1.27 bits per heavy atom. The maximum absolute atomic E-state index is 9.38. The van der Waals surface area contributed by atoms with E-state index in [1.807, 2.05) is 38.1 Å². The van der Waals surface area contributed by atoms with E-state index in [4.69, 9.17) is 10.8 Å². The summed E-state index contributed by atoms with van der Waals surface area (Å²) < 4.78 is 0. The van der Waals surface area contributed by atoms with E-state index in [-0.39, 0.29) is 12.1 Å². The number of benzene rings is 1. The maximum atomic E-state index is 9.38. The Balaban J connectivity index is 2.72. The van der Waals surface area contributed by atoms with Gasteiger partial charge in [0.05, 0.1) is 6.61 Å². The fourth-order valence-corrected chi connectivity index (χ4v) is 1.49. The van der Waals surface area contributed by atoms with Gasteiger partial charge in [-0.3, -0.25) is 0 Å². The first-order valence-electron chi connectivity index (χ1n) is 5.09. The fraction of sp³-hybridized carbons (Fsp3) is 0.500. The van der Waals surface area contributed by atoms with Gasteiger partial charge in [0, 0.05) is 5.54 Å². The normalized spacial score (nSPS) is 13.9. The van der Waals surface area contributed by atoms with Gasteiger partial charge in [-0.2, -0.15) is 0 Å². The summed E-state index contributed by atoms with van der Waals surface area (Å²) in [5.41, 5.74) is 7.55. The zero-order valence-electron chi connectivity index (χ0n) is 9.27. The lowest BCUT2D eigenvalue weighted by molar-refractivity contribution is 0.0956. The number of aliphatic hydroxyl groups excluding tert-OH is 2. The van der Waals surface area contributed by atoms with E-state index < -0.39 is 6.10 Å². The van der Waals surface area contributed by atoms with Crippen LogP contribution >= 0.6 is 0 Å². The van der Waals surface area contributed by atoms with Crippen molar-refractivity contribution in [2.24, 2.45) is 5.73 Å². The van der Waals surface area contributed by atoms with Gasteiger partial charge in [0.1, 0.15) is 6.10 Å². The zero-order valence-corrected chi connectivity index (χ0v) is 9.27. The van der Waals surface area contributed by atoms with Crippen LogP contribution in [0.3, 0.4) is 0 Å². The molecule has 3 nitrogen and oxygen atoms in total. The topological polar surface area (TPSA) is 66.5 Å². The smallest absolute Gasteiger partial charge is 0.102 e. The first-order chi connectivity index (χ1) is 6.92. The molecule has 0 fully saturated rings. The molecule has 0 aromatic heterocycles. The van der Waals surface area contributed by atoms with Crippen LogP contribution in [0.4, 0.5) is 0 Å². The predicted octanol–water partition coefficient (Wildman–Crippen LogP) is 0.992. The van der Waals surface area contributed by atoms with Gasteiger partial charge in [-0.15, -0.1) is 0 Å². The summed E-state index contributed by atoms with van der Waals surface area (Å²) in [4.78, 5) is 0. The molecular formula is C12H19NO2. The van der Waals surface area contributed by atoms with Crippen LogP contribution < -0.4 is 5.73 Å². The summed E-state index contributed by atoms with van der Waals surface area (Å²) in [5, 5.41) is 18.2. The molecule has 0 bridgehead atoms. The van der Waals surface area contributed by atoms with Crippen LogP contribution in [0, 0.1) is 0 Å². The Bertz CT molecular complexity index is 300. The highest BCUT2D eigenvalue weighted by atomic mass is 16.3. The molecule has 0 saturated carbocycles. The molecular weight excluding hydrogens is 190 g/mol. The molecule has 84 valence electrons. The van der Waals surface area contributed by atoms with Crippen LogP contribution in [-0.4, -0.2) is 22.4 Å². The second-order valence-corrected chi connectivity index (χ2v) is 4.61. The third kappa shape index (κ3) is 4.00. The van der Waals surface area contributed by atoms with E-state index in [9.17, 15) is 5.11 Å². The number of hydrogen-bond donors (Lipinski definition) is 3. The van der Waals surface area contributed by atoms with E-state index in [1.54, 1.807) is 0 Å². The Kier molecular flexibility index (Phi) is 3.85. The molecule has 15 heavy (non-hydrogen) atoms. The average Bonchev–Trinajstić information content (AvgIpc) is 2.15. The van der Waals surface area contributed by atoms with Crippen molar-refractivity contribution in [3.63, 3.8) is 0 Å². The van der Waals surface area contributed by atoms with Crippen molar-refractivity contribution in [1.29, 1.82) is 0 Å². The van der Waals surface area contributed by atoms with Crippen molar-refractivity contribution in [3.8, 4) is 0 Å². The summed E-state index contributed by atoms with van der Waals surface area (Å²) in [6.45, 7) is 3.70. The van der Waals surface area contributed by atoms with Crippen LogP contribution in [0.2, 0.25) is 0 Å². The van der Waals surface area contributed by atoms with Gasteiger partial charge in [0.25, 0.3) is 0 Å². The summed E-state index contributed by atoms with van der Waals surface area (Å²) in [5.74, 6) is 0. The van der Waals surface area contributed by atoms with Crippen molar-refractivity contribution < 1.29 is 10.2 Å². The van der Waals surface area contributed by atoms with E-state index >= 15 is 0 Å². The fourth-order valence-electron chi connectivity index (χ4n) is 1.49. The summed E-state index contributed by atoms with van der Waals surface area (Å²) in [6, 6.07) is 7.51. The molecule has 1 aromatic carbocycles. The number of nitrogens with two attached hydrogens (primary N) is 1. The van der Waals surface area contributed by atoms with Crippen LogP contribution in [-0.2, 0) is 6.42 Å². The molecule has 0 amide bonds. The first-order valence-corrected chi connectivity index (χ1v) is 5.09. The summed E-state index contributed by atoms with van der Waals surface area (Å²) >= 11 is 0. The average molecular weight is 209 g/mol. The van der Waals surface area contributed by atoms with E-state index in [2.05, 4.69) is 0 Å². The Morgan fingerprint density at radius 2 is 1.80 bits per heavy atom. The highest BCUT2D eigenvalue weighted by Gasteiger charge is 2.12. The van der Waals surface area contributed by atoms with E-state index in [0.29, 0.717) is 0 Å². The van der Waals surface area contributed by atoms with Crippen LogP contribution in [0.25, 0.3) is 0 Å². The van der Waals surface area contributed by atoms with Crippen molar-refractivity contribution in [1.82, 2.24) is 0 Å². The Morgan fingerprint density at radius 3 is 2.20 bits per heavy atom. The molecule has 0 aliphatic heterocycles. The molecule has 3 heteroatoms. The highest BCUT2D eigenvalue weighted by molar-refractivity contribution is 5.25. The lowest BCUT2D eigenvalue weighted by Gasteiger charge is -2.18. The molecule has 1 unspecified atom stereocenters. The minimum Gasteiger partial charge on any atom is -0.393 e.